The number of aromatic nitrogens is 4. The molecule has 8 nitrogen and oxygen atoms in total. The Labute approximate surface area is 199 Å². The van der Waals surface area contributed by atoms with E-state index in [1.807, 2.05) is 0 Å². The normalized spacial score (nSPS) is 21.1. The number of amides is 1. The summed E-state index contributed by atoms with van der Waals surface area (Å²) in [5.74, 6) is -0.278. The Kier molecular flexibility index (Phi) is 4.43. The van der Waals surface area contributed by atoms with Crippen molar-refractivity contribution in [3.8, 4) is 5.75 Å². The molecule has 1 fully saturated rings. The highest BCUT2D eigenvalue weighted by atomic mass is 19.4. The van der Waals surface area contributed by atoms with Crippen molar-refractivity contribution in [2.24, 2.45) is 0 Å². The third-order valence-corrected chi connectivity index (χ3v) is 6.55. The van der Waals surface area contributed by atoms with E-state index in [1.54, 1.807) is 10.6 Å². The summed E-state index contributed by atoms with van der Waals surface area (Å²) in [7, 11) is 12.7. The van der Waals surface area contributed by atoms with Crippen LogP contribution in [-0.4, -0.2) is 57.3 Å². The maximum atomic E-state index is 13.8. The Bertz CT molecular complexity index is 1520. The van der Waals surface area contributed by atoms with Gasteiger partial charge >= 0.3 is 6.18 Å². The Hall–Kier alpha value is -3.76. The van der Waals surface area contributed by atoms with Crippen LogP contribution in [0.1, 0.15) is 40.5 Å². The highest BCUT2D eigenvalue weighted by Crippen LogP contribution is 2.49. The van der Waals surface area contributed by atoms with Crippen LogP contribution >= 0.6 is 0 Å². The number of pyridine rings is 1. The monoisotopic (exact) mass is 474 g/mol. The first-order chi connectivity index (χ1) is 16.5. The number of nitrogens with two attached hydrogens (primary N) is 1. The van der Waals surface area contributed by atoms with E-state index in [-0.39, 0.29) is 23.7 Å². The average molecular weight is 474 g/mol. The van der Waals surface area contributed by atoms with Gasteiger partial charge in [-0.15, -0.1) is 0 Å². The van der Waals surface area contributed by atoms with Crippen LogP contribution in [0.5, 0.6) is 5.75 Å². The maximum absolute atomic E-state index is 13.8. The van der Waals surface area contributed by atoms with Gasteiger partial charge in [-0.1, -0.05) is 6.07 Å². The second-order valence-electron chi connectivity index (χ2n) is 8.76. The molecular formula is C22H15B2F3N6O2. The third kappa shape index (κ3) is 3.24. The van der Waals surface area contributed by atoms with Crippen molar-refractivity contribution in [1.29, 1.82) is 0 Å². The van der Waals surface area contributed by atoms with E-state index in [9.17, 15) is 18.0 Å². The zero-order valence-electron chi connectivity index (χ0n) is 18.0. The van der Waals surface area contributed by atoms with Gasteiger partial charge in [0, 0.05) is 5.56 Å². The summed E-state index contributed by atoms with van der Waals surface area (Å²) < 4.78 is 47.2. The molecule has 1 saturated heterocycles. The number of hydrogen-bond donors (Lipinski definition) is 1. The summed E-state index contributed by atoms with van der Waals surface area (Å²) in [6, 6.07) is 3.95. The molecule has 2 aliphatic heterocycles. The van der Waals surface area contributed by atoms with Gasteiger partial charge in [0.15, 0.2) is 0 Å². The van der Waals surface area contributed by atoms with Crippen LogP contribution in [0.2, 0.25) is 0 Å². The van der Waals surface area contributed by atoms with Crippen LogP contribution in [0.3, 0.4) is 0 Å². The van der Waals surface area contributed by atoms with E-state index in [2.05, 4.69) is 15.0 Å². The summed E-state index contributed by atoms with van der Waals surface area (Å²) in [4.78, 5) is 27.7. The number of imidazole rings is 1. The van der Waals surface area contributed by atoms with Gasteiger partial charge in [-0.2, -0.15) is 13.2 Å². The van der Waals surface area contributed by atoms with Gasteiger partial charge in [-0.25, -0.2) is 15.0 Å². The smallest absolute Gasteiger partial charge is 0.416 e. The molecule has 0 spiro atoms. The number of carbonyl (C=O) groups is 1. The number of ether oxygens (including phenoxy) is 1. The molecule has 2 unspecified atom stereocenters. The van der Waals surface area contributed by atoms with Crippen LogP contribution in [0.15, 0.2) is 43.0 Å². The number of rotatable bonds is 1. The molecule has 2 N–H and O–H groups in total. The van der Waals surface area contributed by atoms with Gasteiger partial charge in [-0.05, 0) is 36.4 Å². The molecule has 172 valence electrons. The molecule has 0 bridgehead atoms. The topological polar surface area (TPSA) is 98.6 Å². The van der Waals surface area contributed by atoms with Gasteiger partial charge in [0.1, 0.15) is 34.4 Å². The first kappa shape index (κ1) is 21.8. The van der Waals surface area contributed by atoms with Crippen molar-refractivity contribution in [3.63, 3.8) is 0 Å². The summed E-state index contributed by atoms with van der Waals surface area (Å²) in [5.41, 5.74) is 7.10. The van der Waals surface area contributed by atoms with Gasteiger partial charge in [0.2, 0.25) is 0 Å². The number of hydrogen-bond acceptors (Lipinski definition) is 6. The molecule has 4 aromatic rings. The van der Waals surface area contributed by atoms with E-state index in [1.165, 1.54) is 29.6 Å². The number of nitrogens with zero attached hydrogens (tertiary/aromatic N) is 5. The molecule has 0 aliphatic carbocycles. The molecule has 0 saturated carbocycles. The standard InChI is InChI=1S/C22H15B2F3N6O2/c23-21(24)4-3-16-18(11-2-1-10(22(25,26)27)5-17(11)35-16)33(21)20(34)12-6-14-13(7-30-12)31-19(28)15-8-29-9-32(14)15/h1-2,5-9,16,18H,3-4H2,(H2,28,31). The molecule has 1 amide bonds. The molecule has 4 radical (unpaired) electrons. The van der Waals surface area contributed by atoms with E-state index in [4.69, 9.17) is 26.2 Å². The fourth-order valence-corrected chi connectivity index (χ4v) is 4.90. The SMILES string of the molecule is [B]C1([B])CCC2Oc3cc(C(F)(F)F)ccc3C2N1C(=O)c1cc2c(cn1)nc(N)c1cncn12. The van der Waals surface area contributed by atoms with Crippen LogP contribution in [0, 0.1) is 0 Å². The number of nitrogen functional groups attached to an aromatic ring is 1. The number of likely N-dealkylation sites (tertiary alicyclic amines) is 1. The minimum Gasteiger partial charge on any atom is -0.488 e. The largest absolute Gasteiger partial charge is 0.488 e. The van der Waals surface area contributed by atoms with Crippen molar-refractivity contribution in [3.05, 3.63) is 59.8 Å². The average Bonchev–Trinajstić information content (AvgIpc) is 3.43. The van der Waals surface area contributed by atoms with Crippen molar-refractivity contribution in [1.82, 2.24) is 24.3 Å². The second kappa shape index (κ2) is 7.12. The number of alkyl halides is 3. The van der Waals surface area contributed by atoms with Crippen molar-refractivity contribution < 1.29 is 22.7 Å². The first-order valence-electron chi connectivity index (χ1n) is 10.7. The van der Waals surface area contributed by atoms with Gasteiger partial charge in [0.05, 0.1) is 51.5 Å². The summed E-state index contributed by atoms with van der Waals surface area (Å²) >= 11 is 0. The van der Waals surface area contributed by atoms with Gasteiger partial charge < -0.3 is 15.4 Å². The zero-order chi connectivity index (χ0) is 24.7. The highest BCUT2D eigenvalue weighted by Gasteiger charge is 2.50. The van der Waals surface area contributed by atoms with E-state index in [0.717, 1.165) is 12.1 Å². The Balaban J connectivity index is 1.45. The number of carbonyl (C=O) groups excluding carboxylic acids is 1. The van der Waals surface area contributed by atoms with Crippen LogP contribution in [-0.2, 0) is 6.18 Å². The highest BCUT2D eigenvalue weighted by molar-refractivity contribution is 6.41. The molecule has 35 heavy (non-hydrogen) atoms. The molecule has 13 heteroatoms. The predicted molar refractivity (Wildman–Crippen MR) is 121 cm³/mol. The molecule has 2 atom stereocenters. The maximum Gasteiger partial charge on any atom is 0.416 e. The second-order valence-corrected chi connectivity index (χ2v) is 8.76. The number of benzene rings is 1. The quantitative estimate of drug-likeness (QED) is 0.427. The first-order valence-corrected chi connectivity index (χ1v) is 10.7. The lowest BCUT2D eigenvalue weighted by molar-refractivity contribution is -0.137. The van der Waals surface area contributed by atoms with E-state index in [0.29, 0.717) is 28.5 Å². The lowest BCUT2D eigenvalue weighted by Gasteiger charge is -2.49. The zero-order valence-corrected chi connectivity index (χ0v) is 18.0. The van der Waals surface area contributed by atoms with Gasteiger partial charge in [-0.3, -0.25) is 9.20 Å². The molecular weight excluding hydrogens is 459 g/mol. The fourth-order valence-electron chi connectivity index (χ4n) is 4.90. The summed E-state index contributed by atoms with van der Waals surface area (Å²) in [6.45, 7) is 0. The summed E-state index contributed by atoms with van der Waals surface area (Å²) in [5, 5.41) is -1.58. The predicted octanol–water partition coefficient (Wildman–Crippen LogP) is 2.61. The number of halogens is 3. The lowest BCUT2D eigenvalue weighted by atomic mass is 9.55. The molecule has 6 rings (SSSR count). The van der Waals surface area contributed by atoms with Crippen LogP contribution in [0.4, 0.5) is 19.0 Å². The molecule has 3 aromatic heterocycles. The third-order valence-electron chi connectivity index (χ3n) is 6.55. The van der Waals surface area contributed by atoms with Crippen molar-refractivity contribution in [2.45, 2.75) is 36.5 Å². The minimum absolute atomic E-state index is 0.0281. The summed E-state index contributed by atoms with van der Waals surface area (Å²) in [6.07, 6.45) is -0.0948. The Morgan fingerprint density at radius 2 is 2.00 bits per heavy atom. The van der Waals surface area contributed by atoms with Crippen molar-refractivity contribution in [2.75, 3.05) is 5.73 Å². The van der Waals surface area contributed by atoms with Crippen molar-refractivity contribution >= 4 is 44.0 Å². The van der Waals surface area contributed by atoms with E-state index < -0.39 is 35.1 Å². The number of fused-ring (bicyclic) bond motifs is 6. The molecule has 2 aliphatic rings. The fraction of sp³-hybridized carbons (Fsp3) is 0.273. The lowest BCUT2D eigenvalue weighted by Crippen LogP contribution is -2.60. The Morgan fingerprint density at radius 1 is 1.20 bits per heavy atom. The minimum atomic E-state index is -4.53. The number of anilines is 1. The van der Waals surface area contributed by atoms with Gasteiger partial charge in [0.25, 0.3) is 5.91 Å². The number of piperidine rings is 1. The van der Waals surface area contributed by atoms with Crippen LogP contribution in [0.25, 0.3) is 16.6 Å². The van der Waals surface area contributed by atoms with Crippen LogP contribution < -0.4 is 10.5 Å². The molecule has 1 aromatic carbocycles. The molecule has 5 heterocycles. The van der Waals surface area contributed by atoms with E-state index >= 15 is 0 Å². The Morgan fingerprint density at radius 3 is 2.77 bits per heavy atom.